The van der Waals surface area contributed by atoms with Crippen molar-refractivity contribution < 1.29 is 36.6 Å². The normalized spacial score (nSPS) is 17.7. The lowest BCUT2D eigenvalue weighted by molar-refractivity contribution is 0.0483. The third-order valence-corrected chi connectivity index (χ3v) is 12.7. The average molecular weight is 1070 g/mol. The van der Waals surface area contributed by atoms with Crippen molar-refractivity contribution in [2.75, 3.05) is 46.6 Å². The van der Waals surface area contributed by atoms with Crippen molar-refractivity contribution in [1.29, 1.82) is 0 Å². The van der Waals surface area contributed by atoms with Gasteiger partial charge >= 0.3 is 12.2 Å². The molecule has 0 saturated carbocycles. The summed E-state index contributed by atoms with van der Waals surface area (Å²) in [5, 5.41) is 21.5. The van der Waals surface area contributed by atoms with Crippen LogP contribution >= 0.6 is 0 Å². The summed E-state index contributed by atoms with van der Waals surface area (Å²) in [5.41, 5.74) is 3.14. The Hall–Kier alpha value is -8.56. The molecule has 6 aromatic heterocycles. The molecule has 4 atom stereocenters. The van der Waals surface area contributed by atoms with Crippen molar-refractivity contribution in [1.82, 2.24) is 49.8 Å². The van der Waals surface area contributed by atoms with Gasteiger partial charge in [-0.3, -0.25) is 9.97 Å². The lowest BCUT2D eigenvalue weighted by Gasteiger charge is -2.39. The minimum atomic E-state index is -0.695. The first-order valence-corrected chi connectivity index (χ1v) is 25.6. The number of nitrogens with zero attached hydrogens (tertiary/aromatic N) is 10. The van der Waals surface area contributed by atoms with Crippen LogP contribution < -0.4 is 31.1 Å². The summed E-state index contributed by atoms with van der Waals surface area (Å²) in [6.07, 6.45) is 10.8. The SMILES string of the molecule is C[C@@H]1C[C@H](NC(=O)OC(C)(C)C)CN(c2ccncc2Nc2ncc3ccc(-c4c(F)cccc4F)nn23)C1.C[C@H]1C[C@@H](NC(=O)OC(C)(C)C)CN(c2ccncc2Nc2ncc3ccc(-c4c(F)cccc4F)nn23)C1. The van der Waals surface area contributed by atoms with E-state index in [1.165, 1.54) is 45.4 Å². The van der Waals surface area contributed by atoms with Crippen LogP contribution in [0.3, 0.4) is 0 Å². The molecule has 2 fully saturated rings. The zero-order valence-corrected chi connectivity index (χ0v) is 44.6. The van der Waals surface area contributed by atoms with Crippen LogP contribution in [0.4, 0.5) is 61.8 Å². The highest BCUT2D eigenvalue weighted by atomic mass is 19.1. The minimum absolute atomic E-state index is 0.100. The van der Waals surface area contributed by atoms with Crippen molar-refractivity contribution in [3.63, 3.8) is 0 Å². The number of halogens is 4. The number of piperidine rings is 2. The monoisotopic (exact) mass is 1070 g/mol. The van der Waals surface area contributed by atoms with Gasteiger partial charge in [0.1, 0.15) is 34.5 Å². The van der Waals surface area contributed by atoms with E-state index in [1.54, 1.807) is 61.4 Å². The predicted molar refractivity (Wildman–Crippen MR) is 290 cm³/mol. The zero-order valence-electron chi connectivity index (χ0n) is 44.6. The zero-order chi connectivity index (χ0) is 55.5. The molecule has 78 heavy (non-hydrogen) atoms. The molecule has 22 heteroatoms. The van der Waals surface area contributed by atoms with Gasteiger partial charge in [0.15, 0.2) is 0 Å². The number of alkyl carbamates (subject to hydrolysis) is 2. The smallest absolute Gasteiger partial charge is 0.407 e. The van der Waals surface area contributed by atoms with E-state index in [2.05, 4.69) is 75.0 Å². The molecule has 0 aliphatic carbocycles. The van der Waals surface area contributed by atoms with E-state index in [4.69, 9.17) is 9.47 Å². The molecular weight excluding hydrogens is 1010 g/mol. The second-order valence-electron chi connectivity index (χ2n) is 21.7. The summed E-state index contributed by atoms with van der Waals surface area (Å²) in [7, 11) is 0. The van der Waals surface area contributed by atoms with Crippen LogP contribution in [0, 0.1) is 35.1 Å². The molecule has 2 saturated heterocycles. The van der Waals surface area contributed by atoms with Crippen molar-refractivity contribution in [3.05, 3.63) is 133 Å². The Morgan fingerprint density at radius 3 is 1.29 bits per heavy atom. The summed E-state index contributed by atoms with van der Waals surface area (Å²) < 4.78 is 71.6. The van der Waals surface area contributed by atoms with Gasteiger partial charge in [-0.1, -0.05) is 26.0 Å². The first kappa shape index (κ1) is 54.2. The summed E-state index contributed by atoms with van der Waals surface area (Å²) in [6, 6.07) is 17.5. The number of fused-ring (bicyclic) bond motifs is 2. The third-order valence-electron chi connectivity index (χ3n) is 12.7. The van der Waals surface area contributed by atoms with Gasteiger partial charge in [-0.05, 0) is 127 Å². The van der Waals surface area contributed by atoms with Gasteiger partial charge in [0.05, 0.1) is 81.1 Å². The molecule has 0 spiro atoms. The fourth-order valence-corrected chi connectivity index (χ4v) is 9.70. The number of amides is 2. The molecule has 0 radical (unpaired) electrons. The van der Waals surface area contributed by atoms with Crippen molar-refractivity contribution in [2.24, 2.45) is 11.8 Å². The second-order valence-corrected chi connectivity index (χ2v) is 21.7. The van der Waals surface area contributed by atoms with E-state index >= 15 is 0 Å². The number of nitrogens with one attached hydrogen (secondary N) is 4. The van der Waals surface area contributed by atoms with Crippen LogP contribution in [-0.2, 0) is 9.47 Å². The van der Waals surface area contributed by atoms with Gasteiger partial charge in [-0.25, -0.2) is 37.1 Å². The van der Waals surface area contributed by atoms with E-state index in [-0.39, 0.29) is 34.6 Å². The number of hydrogen-bond donors (Lipinski definition) is 4. The van der Waals surface area contributed by atoms with E-state index in [0.717, 1.165) is 37.3 Å². The quantitative estimate of drug-likeness (QED) is 0.0945. The van der Waals surface area contributed by atoms with Crippen LogP contribution in [0.2, 0.25) is 0 Å². The van der Waals surface area contributed by atoms with Crippen LogP contribution in [-0.4, -0.2) is 101 Å². The Morgan fingerprint density at radius 2 is 0.923 bits per heavy atom. The van der Waals surface area contributed by atoms with Crippen LogP contribution in [0.15, 0.2) is 110 Å². The van der Waals surface area contributed by atoms with Crippen LogP contribution in [0.1, 0.15) is 68.2 Å². The molecule has 18 nitrogen and oxygen atoms in total. The van der Waals surface area contributed by atoms with E-state index in [9.17, 15) is 27.2 Å². The molecule has 0 unspecified atom stereocenters. The maximum atomic E-state index is 14.4. The van der Waals surface area contributed by atoms with Crippen molar-refractivity contribution >= 4 is 57.9 Å². The van der Waals surface area contributed by atoms with E-state index < -0.39 is 46.7 Å². The number of imidazole rings is 2. The molecule has 2 aliphatic heterocycles. The first-order valence-electron chi connectivity index (χ1n) is 25.6. The Kier molecular flexibility index (Phi) is 15.7. The predicted octanol–water partition coefficient (Wildman–Crippen LogP) is 11.1. The largest absolute Gasteiger partial charge is 0.444 e. The molecule has 2 aliphatic rings. The first-order chi connectivity index (χ1) is 37.1. The molecule has 8 heterocycles. The lowest BCUT2D eigenvalue weighted by Crippen LogP contribution is -2.51. The Labute approximate surface area is 448 Å². The fourth-order valence-electron chi connectivity index (χ4n) is 9.70. The number of carbonyl (C=O) groups is 2. The molecule has 408 valence electrons. The summed E-state index contributed by atoms with van der Waals surface area (Å²) in [4.78, 5) is 46.6. The number of ether oxygens (including phenoxy) is 2. The summed E-state index contributed by atoms with van der Waals surface area (Å²) >= 11 is 0. The molecule has 2 amide bonds. The fraction of sp³-hybridized carbons (Fsp3) is 0.357. The number of anilines is 6. The maximum Gasteiger partial charge on any atom is 0.407 e. The lowest BCUT2D eigenvalue weighted by atomic mass is 9.95. The van der Waals surface area contributed by atoms with Gasteiger partial charge in [0, 0.05) is 50.7 Å². The number of aromatic nitrogens is 8. The molecule has 8 aromatic rings. The van der Waals surface area contributed by atoms with Crippen molar-refractivity contribution in [2.45, 2.75) is 91.5 Å². The molecule has 0 bridgehead atoms. The Bertz CT molecular complexity index is 3190. The molecule has 4 N–H and O–H groups in total. The number of pyridine rings is 2. The topological polar surface area (TPSA) is 193 Å². The highest BCUT2D eigenvalue weighted by Crippen LogP contribution is 2.35. The highest BCUT2D eigenvalue weighted by Gasteiger charge is 2.31. The van der Waals surface area contributed by atoms with E-state index in [0.29, 0.717) is 59.2 Å². The number of benzene rings is 2. The Balaban J connectivity index is 0.000000190. The number of carbonyl (C=O) groups excluding carboxylic acids is 2. The molecule has 10 rings (SSSR count). The minimum Gasteiger partial charge on any atom is -0.444 e. The van der Waals surface area contributed by atoms with Crippen LogP contribution in [0.25, 0.3) is 33.5 Å². The summed E-state index contributed by atoms with van der Waals surface area (Å²) in [6.45, 7) is 18.0. The van der Waals surface area contributed by atoms with E-state index in [1.807, 2.05) is 53.7 Å². The molecule has 2 aromatic carbocycles. The van der Waals surface area contributed by atoms with Crippen molar-refractivity contribution in [3.8, 4) is 22.5 Å². The van der Waals surface area contributed by atoms with Crippen LogP contribution in [0.5, 0.6) is 0 Å². The number of rotatable bonds is 10. The standard InChI is InChI=1S/2C28H31F2N7O2/c2*1-17-12-18(33-27(38)39-28(2,3)4)16-36(15-17)24-10-11-31-14-23(24)34-26-32-13-19-8-9-22(35-37(19)26)25-20(29)6-5-7-21(25)30/h2*5-11,13-14,17-18H,12,15-16H2,1-4H3,(H,32,34)(H,33,38)/t2*17-,18+/m10/s1. The van der Waals surface area contributed by atoms with Gasteiger partial charge in [-0.2, -0.15) is 19.2 Å². The Morgan fingerprint density at radius 1 is 0.538 bits per heavy atom. The van der Waals surface area contributed by atoms with Gasteiger partial charge < -0.3 is 40.5 Å². The maximum absolute atomic E-state index is 14.4. The summed E-state index contributed by atoms with van der Waals surface area (Å²) in [5.74, 6) is -1.42. The average Bonchev–Trinajstić information content (AvgIpc) is 3.99. The second kappa shape index (κ2) is 22.6. The highest BCUT2D eigenvalue weighted by molar-refractivity contribution is 5.76. The molecular formula is C56H62F4N14O4. The van der Waals surface area contributed by atoms with Gasteiger partial charge in [0.25, 0.3) is 0 Å². The number of hydrogen-bond acceptors (Lipinski definition) is 14. The van der Waals surface area contributed by atoms with Gasteiger partial charge in [0.2, 0.25) is 11.9 Å². The van der Waals surface area contributed by atoms with Gasteiger partial charge in [-0.15, -0.1) is 0 Å². The third kappa shape index (κ3) is 13.0.